The monoisotopic (exact) mass is 232 g/mol. The maximum Gasteiger partial charge on any atom is 0.248 e. The highest BCUT2D eigenvalue weighted by Crippen LogP contribution is 2.35. The molecule has 1 aromatic carbocycles. The average molecular weight is 232 g/mol. The van der Waals surface area contributed by atoms with Gasteiger partial charge in [-0.05, 0) is 24.0 Å². The van der Waals surface area contributed by atoms with E-state index in [2.05, 4.69) is 32.9 Å². The van der Waals surface area contributed by atoms with Crippen molar-refractivity contribution in [1.29, 1.82) is 0 Å². The summed E-state index contributed by atoms with van der Waals surface area (Å²) in [7, 11) is 0. The molecule has 1 unspecified atom stereocenters. The topological polar surface area (TPSA) is 46.3 Å². The largest absolute Gasteiger partial charge is 0.316 e. The number of benzene rings is 1. The molecule has 0 radical (unpaired) electrons. The Balaban J connectivity index is 2.40. The van der Waals surface area contributed by atoms with Gasteiger partial charge in [-0.15, -0.1) is 0 Å². The molecule has 0 saturated heterocycles. The molecule has 2 N–H and O–H groups in total. The number of fused-ring (bicyclic) bond motifs is 1. The van der Waals surface area contributed by atoms with E-state index in [0.717, 1.165) is 24.2 Å². The van der Waals surface area contributed by atoms with E-state index in [1.807, 2.05) is 11.0 Å². The van der Waals surface area contributed by atoms with Crippen LogP contribution >= 0.6 is 0 Å². The second-order valence-electron chi connectivity index (χ2n) is 5.07. The second-order valence-corrected chi connectivity index (χ2v) is 5.07. The lowest BCUT2D eigenvalue weighted by atomic mass is 10.0. The highest BCUT2D eigenvalue weighted by Gasteiger charge is 2.34. The van der Waals surface area contributed by atoms with Crippen molar-refractivity contribution in [2.75, 3.05) is 11.4 Å². The molecule has 0 fully saturated rings. The maximum atomic E-state index is 12.1. The number of rotatable bonds is 3. The fourth-order valence-corrected chi connectivity index (χ4v) is 2.29. The highest BCUT2D eigenvalue weighted by atomic mass is 16.2. The Hall–Kier alpha value is -1.35. The summed E-state index contributed by atoms with van der Waals surface area (Å²) in [6.45, 7) is 7.06. The van der Waals surface area contributed by atoms with Crippen LogP contribution in [0.25, 0.3) is 0 Å². The first-order chi connectivity index (χ1) is 8.04. The van der Waals surface area contributed by atoms with Gasteiger partial charge in [0.25, 0.3) is 0 Å². The van der Waals surface area contributed by atoms with E-state index < -0.39 is 6.04 Å². The Morgan fingerprint density at radius 3 is 2.71 bits per heavy atom. The van der Waals surface area contributed by atoms with E-state index in [0.29, 0.717) is 5.92 Å². The summed E-state index contributed by atoms with van der Waals surface area (Å²) in [6.07, 6.45) is 0.971. The molecule has 92 valence electrons. The van der Waals surface area contributed by atoms with Gasteiger partial charge in [-0.1, -0.05) is 32.9 Å². The first-order valence-corrected chi connectivity index (χ1v) is 6.24. The van der Waals surface area contributed by atoms with E-state index in [4.69, 9.17) is 5.73 Å². The van der Waals surface area contributed by atoms with E-state index in [9.17, 15) is 4.79 Å². The minimum Gasteiger partial charge on any atom is -0.316 e. The number of hydrogen-bond donors (Lipinski definition) is 1. The molecule has 0 saturated carbocycles. The molecule has 0 aliphatic carbocycles. The molecule has 0 bridgehead atoms. The van der Waals surface area contributed by atoms with Gasteiger partial charge in [-0.25, -0.2) is 0 Å². The first kappa shape index (κ1) is 12.1. The smallest absolute Gasteiger partial charge is 0.248 e. The van der Waals surface area contributed by atoms with Crippen molar-refractivity contribution in [3.05, 3.63) is 29.3 Å². The standard InChI is InChI=1S/C14H20N2O/c1-4-10-5-6-12-11(7-10)13(15)14(17)16(12)8-9(2)3/h5-7,9,13H,4,8,15H2,1-3H3. The third-order valence-corrected chi connectivity index (χ3v) is 3.21. The van der Waals surface area contributed by atoms with Gasteiger partial charge in [0.2, 0.25) is 5.91 Å². The number of amides is 1. The molecule has 3 nitrogen and oxygen atoms in total. The summed E-state index contributed by atoms with van der Waals surface area (Å²) in [6, 6.07) is 5.70. The predicted octanol–water partition coefficient (Wildman–Crippen LogP) is 2.25. The van der Waals surface area contributed by atoms with Crippen LogP contribution in [0.1, 0.15) is 37.9 Å². The molecule has 1 aliphatic heterocycles. The van der Waals surface area contributed by atoms with Crippen molar-refractivity contribution in [3.63, 3.8) is 0 Å². The van der Waals surface area contributed by atoms with Gasteiger partial charge in [0.15, 0.2) is 0 Å². The summed E-state index contributed by atoms with van der Waals surface area (Å²) in [5, 5.41) is 0. The van der Waals surface area contributed by atoms with Crippen LogP contribution < -0.4 is 10.6 Å². The average Bonchev–Trinajstić information content (AvgIpc) is 2.54. The van der Waals surface area contributed by atoms with Crippen molar-refractivity contribution >= 4 is 11.6 Å². The molecular weight excluding hydrogens is 212 g/mol. The lowest BCUT2D eigenvalue weighted by Crippen LogP contribution is -2.34. The van der Waals surface area contributed by atoms with E-state index in [1.54, 1.807) is 0 Å². The summed E-state index contributed by atoms with van der Waals surface area (Å²) >= 11 is 0. The lowest BCUT2D eigenvalue weighted by molar-refractivity contribution is -0.119. The summed E-state index contributed by atoms with van der Waals surface area (Å²) in [5.74, 6) is 0.477. The molecule has 1 amide bonds. The van der Waals surface area contributed by atoms with Crippen molar-refractivity contribution in [3.8, 4) is 0 Å². The normalized spacial score (nSPS) is 19.0. The van der Waals surface area contributed by atoms with Crippen molar-refractivity contribution in [2.24, 2.45) is 11.7 Å². The Morgan fingerprint density at radius 1 is 1.41 bits per heavy atom. The second kappa shape index (κ2) is 4.49. The zero-order valence-corrected chi connectivity index (χ0v) is 10.7. The summed E-state index contributed by atoms with van der Waals surface area (Å²) in [5.41, 5.74) is 9.20. The van der Waals surface area contributed by atoms with Gasteiger partial charge in [-0.3, -0.25) is 4.79 Å². The van der Waals surface area contributed by atoms with E-state index in [-0.39, 0.29) is 5.91 Å². The lowest BCUT2D eigenvalue weighted by Gasteiger charge is -2.19. The maximum absolute atomic E-state index is 12.1. The van der Waals surface area contributed by atoms with Gasteiger partial charge in [-0.2, -0.15) is 0 Å². The van der Waals surface area contributed by atoms with Gasteiger partial charge >= 0.3 is 0 Å². The summed E-state index contributed by atoms with van der Waals surface area (Å²) in [4.78, 5) is 13.9. The minimum atomic E-state index is -0.477. The molecule has 1 atom stereocenters. The predicted molar refractivity (Wildman–Crippen MR) is 69.9 cm³/mol. The fraction of sp³-hybridized carbons (Fsp3) is 0.500. The molecule has 1 aliphatic rings. The van der Waals surface area contributed by atoms with Crippen molar-refractivity contribution in [2.45, 2.75) is 33.2 Å². The molecule has 17 heavy (non-hydrogen) atoms. The number of nitrogens with two attached hydrogens (primary N) is 1. The number of aryl methyl sites for hydroxylation is 1. The van der Waals surface area contributed by atoms with Crippen LogP contribution in [0.15, 0.2) is 18.2 Å². The number of hydrogen-bond acceptors (Lipinski definition) is 2. The van der Waals surface area contributed by atoms with Crippen LogP contribution in [0.2, 0.25) is 0 Å². The third-order valence-electron chi connectivity index (χ3n) is 3.21. The number of carbonyl (C=O) groups excluding carboxylic acids is 1. The molecule has 1 aromatic rings. The molecule has 3 heteroatoms. The summed E-state index contributed by atoms with van der Waals surface area (Å²) < 4.78 is 0. The van der Waals surface area contributed by atoms with Gasteiger partial charge in [0, 0.05) is 17.8 Å². The Labute approximate surface area is 103 Å². The molecule has 2 rings (SSSR count). The van der Waals surface area contributed by atoms with Crippen LogP contribution in [0, 0.1) is 5.92 Å². The quantitative estimate of drug-likeness (QED) is 0.868. The van der Waals surface area contributed by atoms with E-state index >= 15 is 0 Å². The van der Waals surface area contributed by atoms with Gasteiger partial charge in [0.1, 0.15) is 6.04 Å². The van der Waals surface area contributed by atoms with Crippen molar-refractivity contribution in [1.82, 2.24) is 0 Å². The zero-order chi connectivity index (χ0) is 12.6. The van der Waals surface area contributed by atoms with E-state index in [1.165, 1.54) is 5.56 Å². The van der Waals surface area contributed by atoms with Crippen LogP contribution in [0.3, 0.4) is 0 Å². The Kier molecular flexibility index (Phi) is 3.20. The molecule has 0 aromatic heterocycles. The number of carbonyl (C=O) groups is 1. The first-order valence-electron chi connectivity index (χ1n) is 6.24. The van der Waals surface area contributed by atoms with Gasteiger partial charge < -0.3 is 10.6 Å². The van der Waals surface area contributed by atoms with Crippen LogP contribution in [0.4, 0.5) is 5.69 Å². The molecule has 1 heterocycles. The van der Waals surface area contributed by atoms with Crippen LogP contribution in [0.5, 0.6) is 0 Å². The fourth-order valence-electron chi connectivity index (χ4n) is 2.29. The number of nitrogens with zero attached hydrogens (tertiary/aromatic N) is 1. The van der Waals surface area contributed by atoms with Crippen LogP contribution in [-0.2, 0) is 11.2 Å². The number of anilines is 1. The minimum absolute atomic E-state index is 0.0296. The SMILES string of the molecule is CCc1ccc2c(c1)C(N)C(=O)N2CC(C)C. The van der Waals surface area contributed by atoms with Gasteiger partial charge in [0.05, 0.1) is 0 Å². The Morgan fingerprint density at radius 2 is 2.12 bits per heavy atom. The molecule has 0 spiro atoms. The van der Waals surface area contributed by atoms with Crippen LogP contribution in [-0.4, -0.2) is 12.5 Å². The molecular formula is C14H20N2O. The third kappa shape index (κ3) is 2.07. The van der Waals surface area contributed by atoms with Crippen molar-refractivity contribution < 1.29 is 4.79 Å². The zero-order valence-electron chi connectivity index (χ0n) is 10.7. The highest BCUT2D eigenvalue weighted by molar-refractivity contribution is 6.04. The Bertz CT molecular complexity index is 440.